The fourth-order valence-electron chi connectivity index (χ4n) is 4.05. The molecule has 162 valence electrons. The molecule has 2 amide bonds. The third-order valence-electron chi connectivity index (χ3n) is 5.90. The molecule has 1 saturated heterocycles. The maximum absolute atomic E-state index is 13.2. The van der Waals surface area contributed by atoms with E-state index in [9.17, 15) is 9.59 Å². The molecule has 3 aromatic rings. The number of aryl methyl sites for hydroxylation is 1. The highest BCUT2D eigenvalue weighted by Crippen LogP contribution is 2.34. The van der Waals surface area contributed by atoms with Crippen molar-refractivity contribution >= 4 is 17.5 Å². The fourth-order valence-corrected chi connectivity index (χ4v) is 4.05. The number of carbonyl (C=O) groups excluding carboxylic acids is 2. The van der Waals surface area contributed by atoms with E-state index < -0.39 is 12.1 Å². The molecule has 2 aliphatic rings. The number of nitrogens with zero attached hydrogens (tertiary/aromatic N) is 5. The SMILES string of the molecule is Cc1oc(-c2ccccc2)nc1CN1N=N[C@H]2C(=O)N(c3ccc(C(C)C)cc3)C(=O)[C@H]21. The Balaban J connectivity index is 1.38. The van der Waals surface area contributed by atoms with Gasteiger partial charge in [0.1, 0.15) is 11.5 Å². The Bertz CT molecular complexity index is 1200. The summed E-state index contributed by atoms with van der Waals surface area (Å²) >= 11 is 0. The Morgan fingerprint density at radius 3 is 2.41 bits per heavy atom. The zero-order chi connectivity index (χ0) is 22.4. The van der Waals surface area contributed by atoms with Gasteiger partial charge in [0.15, 0.2) is 12.1 Å². The van der Waals surface area contributed by atoms with Gasteiger partial charge in [-0.1, -0.05) is 49.4 Å². The van der Waals surface area contributed by atoms with Crippen molar-refractivity contribution in [2.75, 3.05) is 4.90 Å². The molecule has 0 aliphatic carbocycles. The van der Waals surface area contributed by atoms with Crippen LogP contribution in [-0.4, -0.2) is 33.9 Å². The van der Waals surface area contributed by atoms with Gasteiger partial charge in [0.05, 0.1) is 12.2 Å². The number of imide groups is 1. The van der Waals surface area contributed by atoms with Crippen molar-refractivity contribution in [3.63, 3.8) is 0 Å². The maximum atomic E-state index is 13.2. The number of hydrogen-bond donors (Lipinski definition) is 0. The Hall–Kier alpha value is -3.81. The van der Waals surface area contributed by atoms with Crippen LogP contribution in [0.3, 0.4) is 0 Å². The third kappa shape index (κ3) is 3.28. The van der Waals surface area contributed by atoms with E-state index in [1.165, 1.54) is 9.91 Å². The summed E-state index contributed by atoms with van der Waals surface area (Å²) in [5, 5.41) is 9.75. The molecule has 2 atom stereocenters. The number of anilines is 1. The Morgan fingerprint density at radius 1 is 1.00 bits per heavy atom. The molecule has 8 heteroatoms. The lowest BCUT2D eigenvalue weighted by Gasteiger charge is -2.20. The number of aromatic nitrogens is 1. The Kier molecular flexibility index (Phi) is 4.84. The summed E-state index contributed by atoms with van der Waals surface area (Å²) in [5.74, 6) is 0.827. The highest BCUT2D eigenvalue weighted by atomic mass is 16.4. The largest absolute Gasteiger partial charge is 0.441 e. The van der Waals surface area contributed by atoms with Crippen molar-refractivity contribution in [1.82, 2.24) is 9.99 Å². The number of oxazole rings is 1. The highest BCUT2D eigenvalue weighted by Gasteiger charge is 2.54. The van der Waals surface area contributed by atoms with Gasteiger partial charge in [0.25, 0.3) is 11.8 Å². The molecule has 0 spiro atoms. The van der Waals surface area contributed by atoms with Gasteiger partial charge in [-0.25, -0.2) is 9.88 Å². The third-order valence-corrected chi connectivity index (χ3v) is 5.90. The number of hydrogen-bond acceptors (Lipinski definition) is 7. The molecule has 0 saturated carbocycles. The van der Waals surface area contributed by atoms with Crippen LogP contribution in [0.15, 0.2) is 69.4 Å². The number of amides is 2. The maximum Gasteiger partial charge on any atom is 0.263 e. The van der Waals surface area contributed by atoms with Crippen LogP contribution in [0.5, 0.6) is 0 Å². The van der Waals surface area contributed by atoms with E-state index >= 15 is 0 Å². The quantitative estimate of drug-likeness (QED) is 0.565. The number of benzene rings is 2. The van der Waals surface area contributed by atoms with Crippen LogP contribution < -0.4 is 4.90 Å². The summed E-state index contributed by atoms with van der Waals surface area (Å²) in [6.07, 6.45) is 0. The summed E-state index contributed by atoms with van der Waals surface area (Å²) in [4.78, 5) is 32.0. The lowest BCUT2D eigenvalue weighted by atomic mass is 10.0. The van der Waals surface area contributed by atoms with Gasteiger partial charge in [0.2, 0.25) is 5.89 Å². The van der Waals surface area contributed by atoms with Crippen molar-refractivity contribution in [2.24, 2.45) is 10.3 Å². The molecule has 0 unspecified atom stereocenters. The second kappa shape index (κ2) is 7.71. The predicted molar refractivity (Wildman–Crippen MR) is 118 cm³/mol. The van der Waals surface area contributed by atoms with Crippen molar-refractivity contribution in [3.8, 4) is 11.5 Å². The molecule has 0 N–H and O–H groups in total. The molecule has 8 nitrogen and oxygen atoms in total. The van der Waals surface area contributed by atoms with Crippen molar-refractivity contribution in [1.29, 1.82) is 0 Å². The average molecular weight is 429 g/mol. The Morgan fingerprint density at radius 2 is 1.72 bits per heavy atom. The number of carbonyl (C=O) groups is 2. The highest BCUT2D eigenvalue weighted by molar-refractivity contribution is 6.25. The first-order valence-electron chi connectivity index (χ1n) is 10.6. The first-order chi connectivity index (χ1) is 15.4. The minimum Gasteiger partial charge on any atom is -0.441 e. The number of fused-ring (bicyclic) bond motifs is 1. The van der Waals surface area contributed by atoms with E-state index in [1.54, 1.807) is 0 Å². The van der Waals surface area contributed by atoms with Gasteiger partial charge in [-0.15, -0.1) is 0 Å². The van der Waals surface area contributed by atoms with Gasteiger partial charge in [-0.2, -0.15) is 5.11 Å². The van der Waals surface area contributed by atoms with Crippen LogP contribution in [0.4, 0.5) is 5.69 Å². The summed E-state index contributed by atoms with van der Waals surface area (Å²) < 4.78 is 5.82. The van der Waals surface area contributed by atoms with Crippen LogP contribution in [0.1, 0.15) is 36.8 Å². The van der Waals surface area contributed by atoms with Gasteiger partial charge in [0, 0.05) is 5.56 Å². The molecule has 3 heterocycles. The van der Waals surface area contributed by atoms with Gasteiger partial charge < -0.3 is 4.42 Å². The van der Waals surface area contributed by atoms with Crippen molar-refractivity contribution in [2.45, 2.75) is 45.3 Å². The van der Waals surface area contributed by atoms with Gasteiger partial charge in [-0.05, 0) is 42.7 Å². The molecule has 32 heavy (non-hydrogen) atoms. The standard InChI is InChI=1S/C24H23N5O3/c1-14(2)16-9-11-18(12-10-16)29-23(30)20-21(24(29)31)28(27-26-20)13-19-15(3)32-22(25-19)17-7-5-4-6-8-17/h4-12,14,20-21H,13H2,1-3H3/t20-,21+/m1/s1. The second-order valence-electron chi connectivity index (χ2n) is 8.34. The molecule has 0 bridgehead atoms. The van der Waals surface area contributed by atoms with Crippen LogP contribution in [0.2, 0.25) is 0 Å². The van der Waals surface area contributed by atoms with E-state index in [-0.39, 0.29) is 18.4 Å². The average Bonchev–Trinajstić information content (AvgIpc) is 3.45. The van der Waals surface area contributed by atoms with Gasteiger partial charge in [-0.3, -0.25) is 14.6 Å². The fraction of sp³-hybridized carbons (Fsp3) is 0.292. The van der Waals surface area contributed by atoms with Crippen LogP contribution in [0, 0.1) is 6.92 Å². The van der Waals surface area contributed by atoms with Crippen molar-refractivity contribution < 1.29 is 14.0 Å². The second-order valence-corrected chi connectivity index (χ2v) is 8.34. The molecular formula is C24H23N5O3. The lowest BCUT2D eigenvalue weighted by molar-refractivity contribution is -0.123. The molecular weight excluding hydrogens is 406 g/mol. The zero-order valence-corrected chi connectivity index (χ0v) is 18.1. The van der Waals surface area contributed by atoms with E-state index in [0.29, 0.717) is 29.0 Å². The molecule has 2 aromatic carbocycles. The van der Waals surface area contributed by atoms with Crippen LogP contribution >= 0.6 is 0 Å². The Labute approximate surface area is 185 Å². The van der Waals surface area contributed by atoms with Crippen LogP contribution in [0.25, 0.3) is 11.5 Å². The molecule has 0 radical (unpaired) electrons. The topological polar surface area (TPSA) is 91.4 Å². The summed E-state index contributed by atoms with van der Waals surface area (Å²) in [7, 11) is 0. The predicted octanol–water partition coefficient (Wildman–Crippen LogP) is 4.27. The zero-order valence-electron chi connectivity index (χ0n) is 18.1. The first kappa shape index (κ1) is 20.1. The summed E-state index contributed by atoms with van der Waals surface area (Å²) in [6, 6.07) is 15.5. The van der Waals surface area contributed by atoms with E-state index in [4.69, 9.17) is 4.42 Å². The van der Waals surface area contributed by atoms with E-state index in [1.807, 2.05) is 61.5 Å². The molecule has 1 aromatic heterocycles. The lowest BCUT2D eigenvalue weighted by Crippen LogP contribution is -2.39. The van der Waals surface area contributed by atoms with E-state index in [2.05, 4.69) is 29.2 Å². The number of rotatable bonds is 5. The summed E-state index contributed by atoms with van der Waals surface area (Å²) in [6.45, 7) is 6.24. The normalized spacial score (nSPS) is 20.0. The van der Waals surface area contributed by atoms with E-state index in [0.717, 1.165) is 11.1 Å². The molecule has 1 fully saturated rings. The minimum atomic E-state index is -0.840. The summed E-state index contributed by atoms with van der Waals surface area (Å²) in [5.41, 5.74) is 3.22. The monoisotopic (exact) mass is 429 g/mol. The minimum absolute atomic E-state index is 0.228. The van der Waals surface area contributed by atoms with Crippen LogP contribution in [-0.2, 0) is 16.1 Å². The van der Waals surface area contributed by atoms with Crippen molar-refractivity contribution in [3.05, 3.63) is 71.6 Å². The first-order valence-corrected chi connectivity index (χ1v) is 10.6. The van der Waals surface area contributed by atoms with Gasteiger partial charge >= 0.3 is 0 Å². The smallest absolute Gasteiger partial charge is 0.263 e. The molecule has 5 rings (SSSR count). The molecule has 2 aliphatic heterocycles.